The van der Waals surface area contributed by atoms with Crippen LogP contribution in [0.25, 0.3) is 0 Å². The van der Waals surface area contributed by atoms with Crippen molar-refractivity contribution in [3.63, 3.8) is 0 Å². The van der Waals surface area contributed by atoms with Crippen molar-refractivity contribution < 1.29 is 9.90 Å². The summed E-state index contributed by atoms with van der Waals surface area (Å²) in [7, 11) is 3.60. The molecule has 2 rings (SSSR count). The number of hydrogen-bond donors (Lipinski definition) is 1. The molecule has 0 radical (unpaired) electrons. The van der Waals surface area contributed by atoms with E-state index >= 15 is 0 Å². The molecule has 1 amide bonds. The molecular formula is C17H26N2O2. The van der Waals surface area contributed by atoms with E-state index in [1.54, 1.807) is 25.1 Å². The maximum atomic E-state index is 12.1. The number of nitrogens with zero attached hydrogens (tertiary/aromatic N) is 2. The highest BCUT2D eigenvalue weighted by atomic mass is 16.3. The van der Waals surface area contributed by atoms with Gasteiger partial charge in [0.1, 0.15) is 5.75 Å². The summed E-state index contributed by atoms with van der Waals surface area (Å²) in [4.78, 5) is 16.0. The third-order valence-electron chi connectivity index (χ3n) is 4.20. The Morgan fingerprint density at radius 3 is 2.81 bits per heavy atom. The summed E-state index contributed by atoms with van der Waals surface area (Å²) in [5.41, 5.74) is 2.50. The number of benzene rings is 1. The van der Waals surface area contributed by atoms with Gasteiger partial charge in [-0.1, -0.05) is 13.0 Å². The van der Waals surface area contributed by atoms with Crippen LogP contribution in [0.3, 0.4) is 0 Å². The summed E-state index contributed by atoms with van der Waals surface area (Å²) in [5.74, 6) is 0.451. The summed E-state index contributed by atoms with van der Waals surface area (Å²) in [6.45, 7) is 3.49. The fourth-order valence-electron chi connectivity index (χ4n) is 3.09. The second-order valence-corrected chi connectivity index (χ2v) is 6.05. The minimum Gasteiger partial charge on any atom is -0.508 e. The van der Waals surface area contributed by atoms with Crippen LogP contribution in [0, 0.1) is 0 Å². The first kappa shape index (κ1) is 15.8. The van der Waals surface area contributed by atoms with E-state index in [1.807, 2.05) is 12.1 Å². The van der Waals surface area contributed by atoms with Crippen molar-refractivity contribution >= 4 is 5.91 Å². The second-order valence-electron chi connectivity index (χ2n) is 6.05. The third kappa shape index (κ3) is 3.76. The highest BCUT2D eigenvalue weighted by Crippen LogP contribution is 2.36. The zero-order valence-electron chi connectivity index (χ0n) is 13.3. The fraction of sp³-hybridized carbons (Fsp3) is 0.588. The maximum absolute atomic E-state index is 12.1. The summed E-state index contributed by atoms with van der Waals surface area (Å²) in [6.07, 6.45) is 4.27. The standard InChI is InChI=1S/C17H26N2O2/c1-4-10-19(12-17(21)18(2)3)16-7-5-6-13-8-9-14(20)11-15(13)16/h8-9,11,16,20H,4-7,10,12H2,1-3H3. The van der Waals surface area contributed by atoms with Gasteiger partial charge in [-0.15, -0.1) is 0 Å². The molecule has 1 atom stereocenters. The number of aryl methyl sites for hydroxylation is 1. The minimum absolute atomic E-state index is 0.135. The number of carbonyl (C=O) groups is 1. The summed E-state index contributed by atoms with van der Waals surface area (Å²) >= 11 is 0. The first-order valence-electron chi connectivity index (χ1n) is 7.79. The number of likely N-dealkylation sites (N-methyl/N-ethyl adjacent to an activating group) is 1. The van der Waals surface area contributed by atoms with Crippen molar-refractivity contribution in [3.05, 3.63) is 29.3 Å². The molecule has 0 aliphatic heterocycles. The van der Waals surface area contributed by atoms with Crippen molar-refractivity contribution in [1.82, 2.24) is 9.80 Å². The average molecular weight is 290 g/mol. The Balaban J connectivity index is 2.25. The molecule has 1 aromatic carbocycles. The topological polar surface area (TPSA) is 43.8 Å². The maximum Gasteiger partial charge on any atom is 0.236 e. The van der Waals surface area contributed by atoms with Gasteiger partial charge < -0.3 is 10.0 Å². The van der Waals surface area contributed by atoms with Gasteiger partial charge >= 0.3 is 0 Å². The SMILES string of the molecule is CCCN(CC(=O)N(C)C)C1CCCc2ccc(O)cc21. The lowest BCUT2D eigenvalue weighted by molar-refractivity contribution is -0.130. The van der Waals surface area contributed by atoms with Gasteiger partial charge in [-0.05, 0) is 55.5 Å². The van der Waals surface area contributed by atoms with E-state index in [2.05, 4.69) is 11.8 Å². The highest BCUT2D eigenvalue weighted by molar-refractivity contribution is 5.77. The van der Waals surface area contributed by atoms with Crippen molar-refractivity contribution in [2.75, 3.05) is 27.2 Å². The van der Waals surface area contributed by atoms with E-state index in [-0.39, 0.29) is 11.9 Å². The van der Waals surface area contributed by atoms with Crippen LogP contribution in [-0.4, -0.2) is 48.0 Å². The van der Waals surface area contributed by atoms with E-state index < -0.39 is 0 Å². The number of hydrogen-bond acceptors (Lipinski definition) is 3. The van der Waals surface area contributed by atoms with Crippen molar-refractivity contribution in [2.24, 2.45) is 0 Å². The van der Waals surface area contributed by atoms with Crippen LogP contribution in [0.4, 0.5) is 0 Å². The summed E-state index contributed by atoms with van der Waals surface area (Å²) in [6, 6.07) is 5.90. The van der Waals surface area contributed by atoms with Gasteiger partial charge in [0.15, 0.2) is 0 Å². The lowest BCUT2D eigenvalue weighted by Gasteiger charge is -2.36. The van der Waals surface area contributed by atoms with Gasteiger partial charge in [0.05, 0.1) is 6.54 Å². The molecule has 0 aromatic heterocycles. The Hall–Kier alpha value is -1.55. The number of rotatable bonds is 5. The molecule has 4 heteroatoms. The first-order valence-corrected chi connectivity index (χ1v) is 7.79. The quantitative estimate of drug-likeness (QED) is 0.906. The molecule has 1 unspecified atom stereocenters. The minimum atomic E-state index is 0.135. The molecular weight excluding hydrogens is 264 g/mol. The van der Waals surface area contributed by atoms with Gasteiger partial charge in [0.25, 0.3) is 0 Å². The predicted octanol–water partition coefficient (Wildman–Crippen LogP) is 2.57. The van der Waals surface area contributed by atoms with Crippen LogP contribution in [0.1, 0.15) is 43.4 Å². The van der Waals surface area contributed by atoms with Gasteiger partial charge in [0.2, 0.25) is 5.91 Å². The van der Waals surface area contributed by atoms with Crippen LogP contribution in [-0.2, 0) is 11.2 Å². The summed E-state index contributed by atoms with van der Waals surface area (Å²) in [5, 5.41) is 9.79. The van der Waals surface area contributed by atoms with Crippen LogP contribution < -0.4 is 0 Å². The van der Waals surface area contributed by atoms with Crippen molar-refractivity contribution in [2.45, 2.75) is 38.6 Å². The number of phenolic OH excluding ortho intramolecular Hbond substituents is 1. The molecule has 0 heterocycles. The number of phenols is 1. The Morgan fingerprint density at radius 2 is 2.14 bits per heavy atom. The molecule has 1 aliphatic rings. The molecule has 1 aromatic rings. The number of fused-ring (bicyclic) bond motifs is 1. The van der Waals surface area contributed by atoms with Gasteiger partial charge in [0, 0.05) is 20.1 Å². The molecule has 0 spiro atoms. The van der Waals surface area contributed by atoms with E-state index in [4.69, 9.17) is 0 Å². The molecule has 0 fully saturated rings. The number of carbonyl (C=O) groups excluding carboxylic acids is 1. The van der Waals surface area contributed by atoms with Crippen molar-refractivity contribution in [1.29, 1.82) is 0 Å². The smallest absolute Gasteiger partial charge is 0.236 e. The Kier molecular flexibility index (Phi) is 5.23. The van der Waals surface area contributed by atoms with E-state index in [0.717, 1.165) is 32.2 Å². The van der Waals surface area contributed by atoms with E-state index in [0.29, 0.717) is 12.3 Å². The van der Waals surface area contributed by atoms with Crippen LogP contribution in [0.5, 0.6) is 5.75 Å². The molecule has 1 aliphatic carbocycles. The molecule has 0 saturated heterocycles. The van der Waals surface area contributed by atoms with E-state index in [9.17, 15) is 9.90 Å². The second kappa shape index (κ2) is 6.94. The van der Waals surface area contributed by atoms with Gasteiger partial charge in [-0.3, -0.25) is 9.69 Å². The number of aromatic hydroxyl groups is 1. The van der Waals surface area contributed by atoms with Crippen LogP contribution in [0.15, 0.2) is 18.2 Å². The molecule has 21 heavy (non-hydrogen) atoms. The molecule has 4 nitrogen and oxygen atoms in total. The fourth-order valence-corrected chi connectivity index (χ4v) is 3.09. The monoisotopic (exact) mass is 290 g/mol. The first-order chi connectivity index (χ1) is 10.0. The van der Waals surface area contributed by atoms with Crippen LogP contribution in [0.2, 0.25) is 0 Å². The average Bonchev–Trinajstić information content (AvgIpc) is 2.46. The summed E-state index contributed by atoms with van der Waals surface area (Å²) < 4.78 is 0. The Morgan fingerprint density at radius 1 is 1.38 bits per heavy atom. The third-order valence-corrected chi connectivity index (χ3v) is 4.20. The molecule has 0 bridgehead atoms. The molecule has 0 saturated carbocycles. The highest BCUT2D eigenvalue weighted by Gasteiger charge is 2.27. The molecule has 1 N–H and O–H groups in total. The van der Waals surface area contributed by atoms with E-state index in [1.165, 1.54) is 11.1 Å². The van der Waals surface area contributed by atoms with Gasteiger partial charge in [-0.2, -0.15) is 0 Å². The lowest BCUT2D eigenvalue weighted by Crippen LogP contribution is -2.40. The molecule has 116 valence electrons. The normalized spacial score (nSPS) is 17.6. The predicted molar refractivity (Wildman–Crippen MR) is 84.3 cm³/mol. The Labute approximate surface area is 127 Å². The zero-order valence-corrected chi connectivity index (χ0v) is 13.3. The van der Waals surface area contributed by atoms with Gasteiger partial charge in [-0.25, -0.2) is 0 Å². The zero-order chi connectivity index (χ0) is 15.4. The number of amides is 1. The largest absolute Gasteiger partial charge is 0.508 e. The lowest BCUT2D eigenvalue weighted by atomic mass is 9.86. The van der Waals surface area contributed by atoms with Crippen molar-refractivity contribution in [3.8, 4) is 5.75 Å². The van der Waals surface area contributed by atoms with Crippen LogP contribution >= 0.6 is 0 Å². The Bertz CT molecular complexity index is 500.